The Bertz CT molecular complexity index is 635. The number of nitrogens with one attached hydrogen (secondary N) is 1. The van der Waals surface area contributed by atoms with Gasteiger partial charge in [-0.3, -0.25) is 4.79 Å². The Hall–Kier alpha value is -1.51. The standard InChI is InChI=1S/C18H23F6NO2/c1-10(2)16(4-3-14(26)8-16)15(27)25-9-11-5-12(17(19,20)21)7-13(6-11)18(22,23)24/h5,7,10,13-14,26H,3-4,6,8-9H2,1-2H3,(H,25,27). The van der Waals surface area contributed by atoms with Crippen LogP contribution in [-0.2, 0) is 4.79 Å². The molecule has 0 radical (unpaired) electrons. The van der Waals surface area contributed by atoms with Gasteiger partial charge in [0, 0.05) is 6.54 Å². The molecule has 0 bridgehead atoms. The van der Waals surface area contributed by atoms with Crippen LogP contribution in [0.3, 0.4) is 0 Å². The van der Waals surface area contributed by atoms with Crippen molar-refractivity contribution < 1.29 is 36.2 Å². The van der Waals surface area contributed by atoms with Gasteiger partial charge in [0.25, 0.3) is 0 Å². The van der Waals surface area contributed by atoms with Gasteiger partial charge in [-0.2, -0.15) is 26.3 Å². The summed E-state index contributed by atoms with van der Waals surface area (Å²) in [6.45, 7) is 3.23. The minimum Gasteiger partial charge on any atom is -0.393 e. The molecule has 0 heterocycles. The van der Waals surface area contributed by atoms with Crippen molar-refractivity contribution in [1.82, 2.24) is 5.32 Å². The van der Waals surface area contributed by atoms with Crippen molar-refractivity contribution in [2.45, 2.75) is 58.0 Å². The van der Waals surface area contributed by atoms with Gasteiger partial charge in [0.05, 0.1) is 23.0 Å². The van der Waals surface area contributed by atoms with Gasteiger partial charge in [-0.25, -0.2) is 0 Å². The lowest BCUT2D eigenvalue weighted by Crippen LogP contribution is -2.44. The molecule has 3 atom stereocenters. The molecule has 0 aliphatic heterocycles. The molecule has 3 unspecified atom stereocenters. The van der Waals surface area contributed by atoms with E-state index in [4.69, 9.17) is 0 Å². The smallest absolute Gasteiger partial charge is 0.393 e. The van der Waals surface area contributed by atoms with Crippen LogP contribution in [0.2, 0.25) is 0 Å². The summed E-state index contributed by atoms with van der Waals surface area (Å²) in [7, 11) is 0. The van der Waals surface area contributed by atoms with Crippen molar-refractivity contribution in [3.63, 3.8) is 0 Å². The maximum atomic E-state index is 13.0. The molecular weight excluding hydrogens is 376 g/mol. The van der Waals surface area contributed by atoms with E-state index >= 15 is 0 Å². The quantitative estimate of drug-likeness (QED) is 0.693. The van der Waals surface area contributed by atoms with E-state index in [2.05, 4.69) is 5.32 Å². The van der Waals surface area contributed by atoms with Gasteiger partial charge in [0.1, 0.15) is 0 Å². The highest BCUT2D eigenvalue weighted by atomic mass is 19.4. The van der Waals surface area contributed by atoms with Gasteiger partial charge in [-0.15, -0.1) is 0 Å². The normalized spacial score (nSPS) is 29.6. The number of hydrogen-bond acceptors (Lipinski definition) is 2. The van der Waals surface area contributed by atoms with Crippen molar-refractivity contribution in [2.24, 2.45) is 17.3 Å². The molecule has 154 valence electrons. The van der Waals surface area contributed by atoms with Crippen LogP contribution < -0.4 is 5.32 Å². The number of aliphatic hydroxyl groups excluding tert-OH is 1. The van der Waals surface area contributed by atoms with Crippen molar-refractivity contribution in [2.75, 3.05) is 6.54 Å². The third kappa shape index (κ3) is 4.86. The van der Waals surface area contributed by atoms with Crippen LogP contribution in [0.15, 0.2) is 23.3 Å². The van der Waals surface area contributed by atoms with Gasteiger partial charge in [-0.1, -0.05) is 19.9 Å². The zero-order chi connectivity index (χ0) is 20.6. The molecular formula is C18H23F6NO2. The number of aliphatic hydroxyl groups is 1. The minimum atomic E-state index is -4.89. The fourth-order valence-electron chi connectivity index (χ4n) is 3.81. The van der Waals surface area contributed by atoms with Gasteiger partial charge >= 0.3 is 12.4 Å². The zero-order valence-electron chi connectivity index (χ0n) is 15.0. The Labute approximate surface area is 153 Å². The number of halogens is 6. The third-order valence-corrected chi connectivity index (χ3v) is 5.53. The molecule has 2 rings (SSSR count). The fraction of sp³-hybridized carbons (Fsp3) is 0.722. The number of alkyl halides is 6. The van der Waals surface area contributed by atoms with Crippen molar-refractivity contribution in [3.8, 4) is 0 Å². The van der Waals surface area contributed by atoms with E-state index in [1.54, 1.807) is 0 Å². The number of allylic oxidation sites excluding steroid dienone is 3. The highest BCUT2D eigenvalue weighted by molar-refractivity contribution is 5.83. The molecule has 1 fully saturated rings. The SMILES string of the molecule is CC(C)C1(C(=O)NCC2=CC(C(F)(F)F)=CC(C(F)(F)F)C2)CCC(O)C1. The molecule has 0 aromatic carbocycles. The first-order chi connectivity index (χ1) is 12.3. The van der Waals surface area contributed by atoms with Crippen molar-refractivity contribution in [1.29, 1.82) is 0 Å². The largest absolute Gasteiger partial charge is 0.416 e. The topological polar surface area (TPSA) is 49.3 Å². The van der Waals surface area contributed by atoms with Crippen molar-refractivity contribution >= 4 is 5.91 Å². The molecule has 1 amide bonds. The van der Waals surface area contributed by atoms with Crippen molar-refractivity contribution in [3.05, 3.63) is 23.3 Å². The van der Waals surface area contributed by atoms with E-state index in [0.29, 0.717) is 18.9 Å². The van der Waals surface area contributed by atoms with E-state index in [9.17, 15) is 36.2 Å². The monoisotopic (exact) mass is 399 g/mol. The number of amides is 1. The molecule has 2 aliphatic carbocycles. The minimum absolute atomic E-state index is 0.122. The number of carbonyl (C=O) groups excluding carboxylic acids is 1. The first kappa shape index (κ1) is 21.8. The first-order valence-electron chi connectivity index (χ1n) is 8.77. The second-order valence-electron chi connectivity index (χ2n) is 7.66. The van der Waals surface area contributed by atoms with Crippen LogP contribution in [0, 0.1) is 17.3 Å². The van der Waals surface area contributed by atoms with Crippen LogP contribution in [-0.4, -0.2) is 36.0 Å². The molecule has 9 heteroatoms. The Kier molecular flexibility index (Phi) is 6.04. The molecule has 0 spiro atoms. The molecule has 1 saturated carbocycles. The predicted octanol–water partition coefficient (Wildman–Crippen LogP) is 4.29. The predicted molar refractivity (Wildman–Crippen MR) is 86.5 cm³/mol. The van der Waals surface area contributed by atoms with Crippen LogP contribution in [0.4, 0.5) is 26.3 Å². The summed E-state index contributed by atoms with van der Waals surface area (Å²) in [5.74, 6) is -2.80. The Morgan fingerprint density at radius 1 is 1.30 bits per heavy atom. The fourth-order valence-corrected chi connectivity index (χ4v) is 3.81. The zero-order valence-corrected chi connectivity index (χ0v) is 15.0. The summed E-state index contributed by atoms with van der Waals surface area (Å²) < 4.78 is 77.7. The van der Waals surface area contributed by atoms with E-state index < -0.39 is 47.7 Å². The lowest BCUT2D eigenvalue weighted by molar-refractivity contribution is -0.162. The average Bonchev–Trinajstić information content (AvgIpc) is 2.94. The number of rotatable bonds is 4. The summed E-state index contributed by atoms with van der Waals surface area (Å²) >= 11 is 0. The highest BCUT2D eigenvalue weighted by Gasteiger charge is 2.47. The average molecular weight is 399 g/mol. The molecule has 0 aromatic heterocycles. The Morgan fingerprint density at radius 3 is 2.37 bits per heavy atom. The molecule has 27 heavy (non-hydrogen) atoms. The van der Waals surface area contributed by atoms with Gasteiger partial charge in [0.2, 0.25) is 5.91 Å². The highest BCUT2D eigenvalue weighted by Crippen LogP contribution is 2.45. The lowest BCUT2D eigenvalue weighted by Gasteiger charge is -2.32. The van der Waals surface area contributed by atoms with E-state index in [1.807, 2.05) is 13.8 Å². The molecule has 2 aliphatic rings. The molecule has 0 saturated heterocycles. The van der Waals surface area contributed by atoms with Crippen LogP contribution in [0.1, 0.15) is 39.5 Å². The number of hydrogen-bond donors (Lipinski definition) is 2. The van der Waals surface area contributed by atoms with Crippen LogP contribution in [0.5, 0.6) is 0 Å². The Morgan fingerprint density at radius 2 is 1.93 bits per heavy atom. The Balaban J connectivity index is 2.15. The first-order valence-corrected chi connectivity index (χ1v) is 8.77. The van der Waals surface area contributed by atoms with Crippen LogP contribution in [0.25, 0.3) is 0 Å². The van der Waals surface area contributed by atoms with Gasteiger partial charge in [-0.05, 0) is 43.3 Å². The second-order valence-corrected chi connectivity index (χ2v) is 7.66. The number of carbonyl (C=O) groups is 1. The second kappa shape index (κ2) is 7.48. The maximum absolute atomic E-state index is 13.0. The third-order valence-electron chi connectivity index (χ3n) is 5.53. The summed E-state index contributed by atoms with van der Waals surface area (Å²) in [4.78, 5) is 12.6. The van der Waals surface area contributed by atoms with E-state index in [1.165, 1.54) is 0 Å². The summed E-state index contributed by atoms with van der Waals surface area (Å²) in [5.41, 5.74) is -2.34. The maximum Gasteiger partial charge on any atom is 0.416 e. The van der Waals surface area contributed by atoms with Crippen LogP contribution >= 0.6 is 0 Å². The van der Waals surface area contributed by atoms with Gasteiger partial charge in [0.15, 0.2) is 0 Å². The lowest BCUT2D eigenvalue weighted by atomic mass is 9.74. The molecule has 2 N–H and O–H groups in total. The summed E-state index contributed by atoms with van der Waals surface area (Å²) in [6, 6.07) is 0. The van der Waals surface area contributed by atoms with Gasteiger partial charge < -0.3 is 10.4 Å². The summed E-state index contributed by atoms with van der Waals surface area (Å²) in [5, 5.41) is 12.3. The summed E-state index contributed by atoms with van der Waals surface area (Å²) in [6.07, 6.45) is -9.00. The van der Waals surface area contributed by atoms with E-state index in [-0.39, 0.29) is 30.5 Å². The molecule has 0 aromatic rings. The van der Waals surface area contributed by atoms with E-state index in [0.717, 1.165) is 0 Å². The molecule has 3 nitrogen and oxygen atoms in total.